The standard InChI is InChI=1S/C19H29N3O.C7H5NO.2C2H6/c23-18(15-5-9-20-10-6-15)13-22-11-7-19(8-12-22)14-21-17-4-2-1-3-16(17)19;9-6-8-7-4-2-1-3-5-7;2*1-2/h1-4,15,18,20-21,23H,5-14H2;1-5H;2*1-2H3. The predicted octanol–water partition coefficient (Wildman–Crippen LogP) is 5.51. The molecule has 1 spiro atoms. The minimum Gasteiger partial charge on any atom is -0.392 e. The maximum absolute atomic E-state index is 10.6. The fourth-order valence-electron chi connectivity index (χ4n) is 5.27. The second kappa shape index (κ2) is 16.3. The molecule has 0 bridgehead atoms. The smallest absolute Gasteiger partial charge is 0.240 e. The molecule has 3 aliphatic heterocycles. The van der Waals surface area contributed by atoms with Crippen LogP contribution >= 0.6 is 0 Å². The van der Waals surface area contributed by atoms with Gasteiger partial charge >= 0.3 is 0 Å². The number of benzene rings is 2. The van der Waals surface area contributed by atoms with Crippen molar-refractivity contribution in [2.45, 2.75) is 64.9 Å². The van der Waals surface area contributed by atoms with Crippen LogP contribution in [0.15, 0.2) is 59.6 Å². The number of fused-ring (bicyclic) bond motifs is 2. The summed E-state index contributed by atoms with van der Waals surface area (Å²) in [6, 6.07) is 17.8. The summed E-state index contributed by atoms with van der Waals surface area (Å²) in [5, 5.41) is 17.5. The average Bonchev–Trinajstić information content (AvgIpc) is 3.32. The maximum Gasteiger partial charge on any atom is 0.240 e. The van der Waals surface area contributed by atoms with Gasteiger partial charge in [-0.25, -0.2) is 4.79 Å². The second-order valence-corrected chi connectivity index (χ2v) is 9.17. The molecule has 36 heavy (non-hydrogen) atoms. The molecule has 3 N–H and O–H groups in total. The van der Waals surface area contributed by atoms with Gasteiger partial charge in [-0.15, -0.1) is 0 Å². The normalized spacial score (nSPS) is 18.9. The fraction of sp³-hybridized carbons (Fsp3) is 0.567. The molecule has 6 heteroatoms. The molecule has 1 atom stereocenters. The van der Waals surface area contributed by atoms with Crippen LogP contribution in [-0.2, 0) is 10.2 Å². The van der Waals surface area contributed by atoms with Crippen molar-refractivity contribution in [3.63, 3.8) is 0 Å². The quantitative estimate of drug-likeness (QED) is 0.386. The molecule has 3 aliphatic rings. The third-order valence-corrected chi connectivity index (χ3v) is 7.23. The van der Waals surface area contributed by atoms with Gasteiger partial charge in [0, 0.05) is 24.2 Å². The molecule has 5 rings (SSSR count). The Bertz CT molecular complexity index is 900. The summed E-state index contributed by atoms with van der Waals surface area (Å²) in [5.74, 6) is 0.487. The minimum atomic E-state index is -0.153. The van der Waals surface area contributed by atoms with Crippen LogP contribution < -0.4 is 10.6 Å². The van der Waals surface area contributed by atoms with Gasteiger partial charge < -0.3 is 20.6 Å². The van der Waals surface area contributed by atoms with Crippen LogP contribution in [-0.4, -0.2) is 61.5 Å². The Labute approximate surface area is 218 Å². The predicted molar refractivity (Wildman–Crippen MR) is 151 cm³/mol. The van der Waals surface area contributed by atoms with Gasteiger partial charge in [0.05, 0.1) is 11.8 Å². The summed E-state index contributed by atoms with van der Waals surface area (Å²) in [4.78, 5) is 15.6. The van der Waals surface area contributed by atoms with Gasteiger partial charge in [0.2, 0.25) is 6.08 Å². The van der Waals surface area contributed by atoms with Crippen LogP contribution in [0.5, 0.6) is 0 Å². The number of anilines is 1. The Morgan fingerprint density at radius 3 is 2.25 bits per heavy atom. The molecule has 6 nitrogen and oxygen atoms in total. The molecule has 2 saturated heterocycles. The molecule has 2 fully saturated rings. The number of likely N-dealkylation sites (tertiary alicyclic amines) is 1. The number of nitrogens with one attached hydrogen (secondary N) is 2. The van der Waals surface area contributed by atoms with Crippen LogP contribution in [0.2, 0.25) is 0 Å². The Balaban J connectivity index is 0.000000295. The molecule has 198 valence electrons. The summed E-state index contributed by atoms with van der Waals surface area (Å²) in [7, 11) is 0. The Hall–Kier alpha value is -2.50. The summed E-state index contributed by atoms with van der Waals surface area (Å²) >= 11 is 0. The lowest BCUT2D eigenvalue weighted by atomic mass is 9.74. The third-order valence-electron chi connectivity index (χ3n) is 7.23. The van der Waals surface area contributed by atoms with Crippen molar-refractivity contribution in [2.24, 2.45) is 10.9 Å². The Morgan fingerprint density at radius 2 is 1.61 bits per heavy atom. The number of β-amino-alcohol motifs (C(OH)–C–C–N with tert-alkyl or cyclic N) is 1. The summed E-state index contributed by atoms with van der Waals surface area (Å²) in [5.41, 5.74) is 3.81. The van der Waals surface area contributed by atoms with E-state index in [1.165, 1.54) is 30.2 Å². The molecule has 2 aromatic carbocycles. The summed E-state index contributed by atoms with van der Waals surface area (Å²) in [6.07, 6.45) is 5.96. The first kappa shape index (κ1) is 29.7. The highest BCUT2D eigenvalue weighted by Gasteiger charge is 2.41. The van der Waals surface area contributed by atoms with Crippen LogP contribution in [0.25, 0.3) is 0 Å². The van der Waals surface area contributed by atoms with Crippen molar-refractivity contribution in [3.8, 4) is 0 Å². The SMILES string of the molecule is CC.CC.O=C=Nc1ccccc1.OC(CN1CCC2(CC1)CNc1ccccc12)C1CCNCC1. The number of aliphatic hydroxyl groups excluding tert-OH is 1. The number of para-hydroxylation sites is 2. The van der Waals surface area contributed by atoms with E-state index in [0.717, 1.165) is 52.1 Å². The van der Waals surface area contributed by atoms with Crippen LogP contribution in [0.1, 0.15) is 58.9 Å². The van der Waals surface area contributed by atoms with Gasteiger partial charge in [-0.2, -0.15) is 4.99 Å². The van der Waals surface area contributed by atoms with E-state index in [1.807, 2.05) is 45.9 Å². The topological polar surface area (TPSA) is 77.0 Å². The molecule has 0 radical (unpaired) electrons. The van der Waals surface area contributed by atoms with Gasteiger partial charge in [0.15, 0.2) is 0 Å². The second-order valence-electron chi connectivity index (χ2n) is 9.17. The van der Waals surface area contributed by atoms with E-state index in [4.69, 9.17) is 0 Å². The lowest BCUT2D eigenvalue weighted by Gasteiger charge is -2.41. The van der Waals surface area contributed by atoms with Crippen LogP contribution in [0.3, 0.4) is 0 Å². The number of rotatable bonds is 4. The van der Waals surface area contributed by atoms with Gasteiger partial charge in [-0.1, -0.05) is 64.1 Å². The van der Waals surface area contributed by atoms with Crippen molar-refractivity contribution < 1.29 is 9.90 Å². The molecule has 2 aromatic rings. The average molecular weight is 495 g/mol. The zero-order chi connectivity index (χ0) is 26.2. The molecular weight excluding hydrogens is 448 g/mol. The van der Waals surface area contributed by atoms with E-state index >= 15 is 0 Å². The molecule has 0 aliphatic carbocycles. The Morgan fingerprint density at radius 1 is 1.00 bits per heavy atom. The maximum atomic E-state index is 10.6. The number of carbonyl (C=O) groups excluding carboxylic acids is 1. The van der Waals surface area contributed by atoms with E-state index in [1.54, 1.807) is 12.1 Å². The van der Waals surface area contributed by atoms with E-state index in [0.29, 0.717) is 17.0 Å². The van der Waals surface area contributed by atoms with Crippen LogP contribution in [0, 0.1) is 5.92 Å². The highest BCUT2D eigenvalue weighted by molar-refractivity contribution is 5.60. The van der Waals surface area contributed by atoms with Crippen LogP contribution in [0.4, 0.5) is 11.4 Å². The van der Waals surface area contributed by atoms with Crippen molar-refractivity contribution in [1.82, 2.24) is 10.2 Å². The first-order valence-corrected chi connectivity index (χ1v) is 13.8. The summed E-state index contributed by atoms with van der Waals surface area (Å²) < 4.78 is 0. The monoisotopic (exact) mass is 494 g/mol. The minimum absolute atomic E-state index is 0.153. The number of isocyanates is 1. The molecule has 1 unspecified atom stereocenters. The Kier molecular flexibility index (Phi) is 13.4. The van der Waals surface area contributed by atoms with Gasteiger partial charge in [0.1, 0.15) is 0 Å². The lowest BCUT2D eigenvalue weighted by Crippen LogP contribution is -2.48. The van der Waals surface area contributed by atoms with Crippen molar-refractivity contribution in [2.75, 3.05) is 44.6 Å². The van der Waals surface area contributed by atoms with Gasteiger partial charge in [-0.05, 0) is 81.5 Å². The zero-order valence-corrected chi connectivity index (χ0v) is 22.7. The van der Waals surface area contributed by atoms with Gasteiger partial charge in [-0.3, -0.25) is 0 Å². The van der Waals surface area contributed by atoms with Crippen molar-refractivity contribution in [3.05, 3.63) is 60.2 Å². The first-order chi connectivity index (χ1) is 17.7. The number of hydrogen-bond acceptors (Lipinski definition) is 6. The molecule has 3 heterocycles. The highest BCUT2D eigenvalue weighted by Crippen LogP contribution is 2.43. The molecule has 0 saturated carbocycles. The number of aliphatic hydroxyl groups is 1. The van der Waals surface area contributed by atoms with Crippen molar-refractivity contribution in [1.29, 1.82) is 0 Å². The number of piperidine rings is 2. The van der Waals surface area contributed by atoms with E-state index in [-0.39, 0.29) is 6.10 Å². The molecule has 0 amide bonds. The van der Waals surface area contributed by atoms with E-state index in [2.05, 4.69) is 44.8 Å². The third kappa shape index (κ3) is 8.28. The zero-order valence-electron chi connectivity index (χ0n) is 22.7. The number of nitrogens with zero attached hydrogens (tertiary/aromatic N) is 2. The van der Waals surface area contributed by atoms with Gasteiger partial charge in [0.25, 0.3) is 0 Å². The van der Waals surface area contributed by atoms with E-state index < -0.39 is 0 Å². The molecular formula is C30H46N4O2. The largest absolute Gasteiger partial charge is 0.392 e. The number of aliphatic imine (C=N–C) groups is 1. The van der Waals surface area contributed by atoms with E-state index in [9.17, 15) is 9.90 Å². The first-order valence-electron chi connectivity index (χ1n) is 13.8. The highest BCUT2D eigenvalue weighted by atomic mass is 16.3. The van der Waals surface area contributed by atoms with Crippen molar-refractivity contribution >= 4 is 17.5 Å². The molecule has 0 aromatic heterocycles. The summed E-state index contributed by atoms with van der Waals surface area (Å²) in [6.45, 7) is 14.3. The number of hydrogen-bond donors (Lipinski definition) is 3. The fourth-order valence-corrected chi connectivity index (χ4v) is 5.27. The lowest BCUT2D eigenvalue weighted by molar-refractivity contribution is 0.0366.